The van der Waals surface area contributed by atoms with E-state index in [0.29, 0.717) is 5.39 Å². The minimum Gasteiger partial charge on any atom is -0.395 e. The third-order valence-electron chi connectivity index (χ3n) is 3.43. The Balaban J connectivity index is 1.75. The Bertz CT molecular complexity index is 1100. The Labute approximate surface area is 144 Å². The van der Waals surface area contributed by atoms with Gasteiger partial charge in [0.1, 0.15) is 15.7 Å². The molecule has 0 aliphatic carbocycles. The molecule has 0 bridgehead atoms. The maximum atomic E-state index is 13.2. The second-order valence-electron chi connectivity index (χ2n) is 5.09. The monoisotopic (exact) mass is 387 g/mol. The molecule has 25 heavy (non-hydrogen) atoms. The zero-order chi connectivity index (χ0) is 17.8. The average molecular weight is 388 g/mol. The number of pyridine rings is 1. The number of halogens is 3. The molecule has 2 N–H and O–H groups in total. The number of rotatable bonds is 3. The highest BCUT2D eigenvalue weighted by Gasteiger charge is 2.45. The summed E-state index contributed by atoms with van der Waals surface area (Å²) in [5.74, 6) is -0.658. The number of nitrogens with one attached hydrogen (secondary N) is 2. The Morgan fingerprint density at radius 3 is 2.80 bits per heavy atom. The summed E-state index contributed by atoms with van der Waals surface area (Å²) in [5.41, 5.74) is 0.100. The SMILES string of the molecule is O=S(=O)(Nc1cccc2c1OC(F)(F)O2)c1c[nH]c2nc(Cl)ccc12. The maximum Gasteiger partial charge on any atom is 0.586 e. The van der Waals surface area contributed by atoms with E-state index in [0.717, 1.165) is 0 Å². The first kappa shape index (κ1) is 15.9. The van der Waals surface area contributed by atoms with Crippen LogP contribution in [0.25, 0.3) is 11.0 Å². The lowest BCUT2D eigenvalue weighted by Crippen LogP contribution is -2.26. The van der Waals surface area contributed by atoms with Gasteiger partial charge in [-0.2, -0.15) is 0 Å². The quantitative estimate of drug-likeness (QED) is 0.672. The van der Waals surface area contributed by atoms with Crippen molar-refractivity contribution in [2.24, 2.45) is 0 Å². The predicted octanol–water partition coefficient (Wildman–Crippen LogP) is 3.34. The van der Waals surface area contributed by atoms with Crippen molar-refractivity contribution in [1.82, 2.24) is 9.97 Å². The Morgan fingerprint density at radius 2 is 2.00 bits per heavy atom. The number of anilines is 1. The molecule has 2 aromatic heterocycles. The summed E-state index contributed by atoms with van der Waals surface area (Å²) in [6, 6.07) is 6.81. The molecule has 0 unspecified atom stereocenters. The first-order chi connectivity index (χ1) is 11.8. The number of sulfonamides is 1. The molecule has 1 aliphatic heterocycles. The van der Waals surface area contributed by atoms with E-state index in [1.807, 2.05) is 0 Å². The molecule has 11 heteroatoms. The fraction of sp³-hybridized carbons (Fsp3) is 0.0714. The standard InChI is InChI=1S/C14H8ClF2N3O4S/c15-11-5-4-7-10(6-18-13(7)19-11)25(21,22)20-8-2-1-3-9-12(8)24-14(16,17)23-9/h1-6,20H,(H,18,19). The lowest BCUT2D eigenvalue weighted by molar-refractivity contribution is -0.286. The van der Waals surface area contributed by atoms with Crippen LogP contribution in [0.15, 0.2) is 41.4 Å². The van der Waals surface area contributed by atoms with Crippen molar-refractivity contribution >= 4 is 38.3 Å². The van der Waals surface area contributed by atoms with E-state index in [-0.39, 0.29) is 27.1 Å². The highest BCUT2D eigenvalue weighted by atomic mass is 35.5. The molecule has 0 atom stereocenters. The number of aromatic amines is 1. The van der Waals surface area contributed by atoms with Crippen molar-refractivity contribution in [2.75, 3.05) is 4.72 Å². The van der Waals surface area contributed by atoms with Gasteiger partial charge in [0.15, 0.2) is 11.5 Å². The van der Waals surface area contributed by atoms with Crippen LogP contribution < -0.4 is 14.2 Å². The van der Waals surface area contributed by atoms with E-state index in [9.17, 15) is 17.2 Å². The largest absolute Gasteiger partial charge is 0.586 e. The molecule has 0 fully saturated rings. The number of hydrogen-bond acceptors (Lipinski definition) is 5. The van der Waals surface area contributed by atoms with Gasteiger partial charge < -0.3 is 14.5 Å². The van der Waals surface area contributed by atoms with Gasteiger partial charge in [-0.25, -0.2) is 13.4 Å². The summed E-state index contributed by atoms with van der Waals surface area (Å²) in [7, 11) is -4.11. The van der Waals surface area contributed by atoms with Crippen LogP contribution >= 0.6 is 11.6 Å². The van der Waals surface area contributed by atoms with Crippen LogP contribution in [0.1, 0.15) is 0 Å². The van der Waals surface area contributed by atoms with Crippen LogP contribution in [-0.4, -0.2) is 24.7 Å². The topological polar surface area (TPSA) is 93.3 Å². The summed E-state index contributed by atoms with van der Waals surface area (Å²) in [4.78, 5) is 6.55. The number of fused-ring (bicyclic) bond motifs is 2. The number of aromatic nitrogens is 2. The van der Waals surface area contributed by atoms with Gasteiger partial charge in [-0.1, -0.05) is 17.7 Å². The van der Waals surface area contributed by atoms with Crippen LogP contribution in [-0.2, 0) is 10.0 Å². The molecule has 0 saturated heterocycles. The van der Waals surface area contributed by atoms with Gasteiger partial charge in [0.25, 0.3) is 10.0 Å². The van der Waals surface area contributed by atoms with Crippen molar-refractivity contribution in [2.45, 2.75) is 11.2 Å². The van der Waals surface area contributed by atoms with Gasteiger partial charge in [-0.3, -0.25) is 4.72 Å². The second-order valence-corrected chi connectivity index (χ2v) is 7.13. The van der Waals surface area contributed by atoms with Crippen LogP contribution in [0.5, 0.6) is 11.5 Å². The molecule has 0 radical (unpaired) electrons. The number of hydrogen-bond donors (Lipinski definition) is 2. The molecule has 1 aliphatic rings. The molecule has 0 amide bonds. The van der Waals surface area contributed by atoms with Crippen molar-refractivity contribution < 1.29 is 26.7 Å². The molecule has 0 spiro atoms. The van der Waals surface area contributed by atoms with Gasteiger partial charge >= 0.3 is 6.29 Å². The zero-order valence-corrected chi connectivity index (χ0v) is 13.7. The molecule has 1 aromatic carbocycles. The summed E-state index contributed by atoms with van der Waals surface area (Å²) in [5, 5.41) is 0.492. The lowest BCUT2D eigenvalue weighted by atomic mass is 10.3. The van der Waals surface area contributed by atoms with E-state index < -0.39 is 22.1 Å². The Morgan fingerprint density at radius 1 is 1.20 bits per heavy atom. The summed E-state index contributed by atoms with van der Waals surface area (Å²) >= 11 is 5.77. The number of ether oxygens (including phenoxy) is 2. The van der Waals surface area contributed by atoms with E-state index in [4.69, 9.17) is 11.6 Å². The van der Waals surface area contributed by atoms with Crippen molar-refractivity contribution in [3.8, 4) is 11.5 Å². The van der Waals surface area contributed by atoms with Crippen molar-refractivity contribution in [3.05, 3.63) is 41.7 Å². The number of nitrogens with zero attached hydrogens (tertiary/aromatic N) is 1. The highest BCUT2D eigenvalue weighted by Crippen LogP contribution is 2.46. The Kier molecular flexibility index (Phi) is 3.31. The highest BCUT2D eigenvalue weighted by molar-refractivity contribution is 7.93. The van der Waals surface area contributed by atoms with Gasteiger partial charge in [0.05, 0.1) is 5.69 Å². The number of alkyl halides is 2. The smallest absolute Gasteiger partial charge is 0.395 e. The molecule has 4 rings (SSSR count). The molecule has 0 saturated carbocycles. The average Bonchev–Trinajstić information content (AvgIpc) is 3.06. The van der Waals surface area contributed by atoms with Crippen LogP contribution in [0.2, 0.25) is 5.15 Å². The minimum atomic E-state index is -4.11. The second kappa shape index (κ2) is 5.20. The number of H-pyrrole nitrogens is 1. The van der Waals surface area contributed by atoms with Gasteiger partial charge in [0, 0.05) is 11.6 Å². The Hall–Kier alpha value is -2.59. The van der Waals surface area contributed by atoms with Crippen molar-refractivity contribution in [3.63, 3.8) is 0 Å². The van der Waals surface area contributed by atoms with E-state index in [2.05, 4.69) is 24.2 Å². The molecular weight excluding hydrogens is 380 g/mol. The molecular formula is C14H8ClF2N3O4S. The maximum absolute atomic E-state index is 13.2. The summed E-state index contributed by atoms with van der Waals surface area (Å²) in [6.07, 6.45) is -2.63. The van der Waals surface area contributed by atoms with Crippen molar-refractivity contribution in [1.29, 1.82) is 0 Å². The van der Waals surface area contributed by atoms with Gasteiger partial charge in [0.2, 0.25) is 0 Å². The molecule has 3 aromatic rings. The normalized spacial score (nSPS) is 15.5. The van der Waals surface area contributed by atoms with Crippen LogP contribution in [0.4, 0.5) is 14.5 Å². The first-order valence-corrected chi connectivity index (χ1v) is 8.67. The van der Waals surface area contributed by atoms with Gasteiger partial charge in [-0.15, -0.1) is 8.78 Å². The van der Waals surface area contributed by atoms with Crippen LogP contribution in [0, 0.1) is 0 Å². The third kappa shape index (κ3) is 2.72. The predicted molar refractivity (Wildman–Crippen MR) is 84.6 cm³/mol. The summed E-state index contributed by atoms with van der Waals surface area (Å²) in [6.45, 7) is 0. The van der Waals surface area contributed by atoms with Crippen LogP contribution in [0.3, 0.4) is 0 Å². The minimum absolute atomic E-state index is 0.116. The third-order valence-corrected chi connectivity index (χ3v) is 5.05. The molecule has 130 valence electrons. The summed E-state index contributed by atoms with van der Waals surface area (Å²) < 4.78 is 62.6. The van der Waals surface area contributed by atoms with E-state index in [1.54, 1.807) is 0 Å². The zero-order valence-electron chi connectivity index (χ0n) is 12.1. The molecule has 3 heterocycles. The number of benzene rings is 1. The number of para-hydroxylation sites is 1. The molecule has 7 nitrogen and oxygen atoms in total. The van der Waals surface area contributed by atoms with Gasteiger partial charge in [-0.05, 0) is 24.3 Å². The fourth-order valence-corrected chi connectivity index (χ4v) is 3.80. The fourth-order valence-electron chi connectivity index (χ4n) is 2.43. The lowest BCUT2D eigenvalue weighted by Gasteiger charge is -2.10. The first-order valence-electron chi connectivity index (χ1n) is 6.80. The van der Waals surface area contributed by atoms with E-state index >= 15 is 0 Å². The van der Waals surface area contributed by atoms with E-state index in [1.165, 1.54) is 36.5 Å².